The predicted molar refractivity (Wildman–Crippen MR) is 262 cm³/mol. The number of aromatic nitrogens is 8. The molecule has 0 aliphatic carbocycles. The van der Waals surface area contributed by atoms with Crippen LogP contribution in [0.1, 0.15) is 121 Å². The fraction of sp³-hybridized carbons (Fsp3) is 0.222. The second-order valence-corrected chi connectivity index (χ2v) is 16.9. The van der Waals surface area contributed by atoms with Gasteiger partial charge in [0.05, 0.1) is 67.6 Å². The van der Waals surface area contributed by atoms with Crippen molar-refractivity contribution in [2.45, 2.75) is 79.1 Å². The lowest BCUT2D eigenvalue weighted by molar-refractivity contribution is 0.861. The second-order valence-electron chi connectivity index (χ2n) is 16.9. The number of hydrogen-bond acceptors (Lipinski definition) is 4. The molecule has 8 heteroatoms. The van der Waals surface area contributed by atoms with Gasteiger partial charge in [-0.25, -0.2) is 19.9 Å². The maximum absolute atomic E-state index is 5.36. The average molecular weight is 811 g/mol. The summed E-state index contributed by atoms with van der Waals surface area (Å²) in [4.78, 5) is 36.5. The minimum atomic E-state index is 0.897. The van der Waals surface area contributed by atoms with Crippen LogP contribution in [0.3, 0.4) is 0 Å². The lowest BCUT2D eigenvalue weighted by Gasteiger charge is -2.08. The summed E-state index contributed by atoms with van der Waals surface area (Å²) in [5, 5.41) is 4.12. The maximum Gasteiger partial charge on any atom is 0.0872 e. The topological polar surface area (TPSA) is 115 Å². The van der Waals surface area contributed by atoms with E-state index in [0.717, 1.165) is 163 Å². The molecule has 306 valence electrons. The Balaban J connectivity index is 1.28. The Bertz CT molecular complexity index is 3240. The van der Waals surface area contributed by atoms with Crippen molar-refractivity contribution < 1.29 is 0 Å². The molecule has 11 rings (SSSR count). The molecule has 0 saturated heterocycles. The number of hydrogen-bond donors (Lipinski definition) is 4. The summed E-state index contributed by atoms with van der Waals surface area (Å²) in [6, 6.07) is 22.1. The zero-order valence-corrected chi connectivity index (χ0v) is 35.8. The lowest BCUT2D eigenvalue weighted by Crippen LogP contribution is -1.97. The molecule has 16 bridgehead atoms. The largest absolute Gasteiger partial charge is 0.354 e. The van der Waals surface area contributed by atoms with E-state index in [-0.39, 0.29) is 0 Å². The highest BCUT2D eigenvalue weighted by Crippen LogP contribution is 2.35. The van der Waals surface area contributed by atoms with Crippen molar-refractivity contribution in [3.05, 3.63) is 128 Å². The fourth-order valence-corrected chi connectivity index (χ4v) is 9.76. The van der Waals surface area contributed by atoms with Crippen molar-refractivity contribution in [3.8, 4) is 0 Å². The van der Waals surface area contributed by atoms with Crippen LogP contribution in [0.4, 0.5) is 0 Å². The van der Waals surface area contributed by atoms with Gasteiger partial charge in [-0.2, -0.15) is 0 Å². The molecule has 62 heavy (non-hydrogen) atoms. The molecule has 0 spiro atoms. The summed E-state index contributed by atoms with van der Waals surface area (Å²) in [5.74, 6) is 0. The van der Waals surface area contributed by atoms with Crippen molar-refractivity contribution in [1.29, 1.82) is 0 Å². The Hall–Kier alpha value is -7.06. The third kappa shape index (κ3) is 6.44. The SMILES string of the molecule is CCCc1c2nc(c3ccc([nH]3)c3cc4c5ccc([nH]5)c5nc(c(CCC)c(CCC)c6ccc([nH]6)c6nc(c4cc3c3nc(c4ccc([nH]4)c1CCC)C=C3)C=C6)C=C5)C=C2. The van der Waals surface area contributed by atoms with Crippen molar-refractivity contribution in [2.24, 2.45) is 0 Å². The van der Waals surface area contributed by atoms with Crippen LogP contribution in [-0.2, 0) is 25.7 Å². The van der Waals surface area contributed by atoms with Crippen LogP contribution >= 0.6 is 0 Å². The minimum absolute atomic E-state index is 0.897. The third-order valence-electron chi connectivity index (χ3n) is 12.7. The molecule has 8 nitrogen and oxygen atoms in total. The lowest BCUT2D eigenvalue weighted by atomic mass is 9.98. The highest BCUT2D eigenvalue weighted by molar-refractivity contribution is 6.13. The summed E-state index contributed by atoms with van der Waals surface area (Å²) in [6.45, 7) is 9.00. The molecule has 6 aromatic heterocycles. The number of nitrogens with one attached hydrogen (secondary N) is 4. The predicted octanol–water partition coefficient (Wildman–Crippen LogP) is 13.7. The summed E-state index contributed by atoms with van der Waals surface area (Å²) in [6.07, 6.45) is 25.3. The van der Waals surface area contributed by atoms with E-state index in [2.05, 4.69) is 157 Å². The maximum atomic E-state index is 5.36. The van der Waals surface area contributed by atoms with Crippen LogP contribution in [0, 0.1) is 0 Å². The van der Waals surface area contributed by atoms with Gasteiger partial charge >= 0.3 is 0 Å². The van der Waals surface area contributed by atoms with Crippen LogP contribution in [0.25, 0.3) is 114 Å². The summed E-state index contributed by atoms with van der Waals surface area (Å²) in [7, 11) is 0. The first-order valence-electron chi connectivity index (χ1n) is 22.5. The van der Waals surface area contributed by atoms with Crippen LogP contribution in [0.5, 0.6) is 0 Å². The number of benzene rings is 1. The molecular formula is C54H50N8. The standard InChI is InChI=1S/C54H50N8/c1-5-9-31-32(10-6-2)40-14-22-48(56-40)52-26-18-44(60-52)36-30-38-37(29-35(36)43-17-25-51(59-43)47-21-13-39(31)55-47)45-19-27-53(61-45)49-23-15-41(57-49)33(11-7-3)34(12-8-4)42-16-24-50(58-42)54-28-20-46(38)62-54/h13-30,55,57,60,62H,5-12H2,1-4H3. The van der Waals surface area contributed by atoms with Gasteiger partial charge in [-0.15, -0.1) is 0 Å². The van der Waals surface area contributed by atoms with Gasteiger partial charge in [0.2, 0.25) is 0 Å². The molecule has 4 aliphatic rings. The van der Waals surface area contributed by atoms with Crippen molar-refractivity contribution in [1.82, 2.24) is 39.9 Å². The van der Waals surface area contributed by atoms with Crippen LogP contribution in [-0.4, -0.2) is 39.9 Å². The number of aromatic amines is 4. The van der Waals surface area contributed by atoms with Gasteiger partial charge in [-0.3, -0.25) is 0 Å². The number of rotatable bonds is 8. The molecule has 4 N–H and O–H groups in total. The Labute approximate surface area is 360 Å². The van der Waals surface area contributed by atoms with Crippen molar-refractivity contribution >= 4 is 114 Å². The van der Waals surface area contributed by atoms with E-state index in [1.165, 1.54) is 22.3 Å². The molecule has 10 heterocycles. The van der Waals surface area contributed by atoms with E-state index in [9.17, 15) is 0 Å². The van der Waals surface area contributed by atoms with Gasteiger partial charge in [-0.05, 0) is 157 Å². The molecule has 0 saturated carbocycles. The highest BCUT2D eigenvalue weighted by Gasteiger charge is 2.18. The number of nitrogens with zero attached hydrogens (tertiary/aromatic N) is 4. The first-order valence-corrected chi connectivity index (χ1v) is 22.5. The van der Waals surface area contributed by atoms with E-state index >= 15 is 0 Å². The van der Waals surface area contributed by atoms with Gasteiger partial charge in [0, 0.05) is 43.6 Å². The molecule has 0 amide bonds. The van der Waals surface area contributed by atoms with Gasteiger partial charge in [-0.1, -0.05) is 53.4 Å². The smallest absolute Gasteiger partial charge is 0.0872 e. The number of H-pyrrole nitrogens is 4. The Morgan fingerprint density at radius 1 is 0.290 bits per heavy atom. The highest BCUT2D eigenvalue weighted by atomic mass is 14.8. The molecule has 0 radical (unpaired) electrons. The Morgan fingerprint density at radius 3 is 0.952 bits per heavy atom. The summed E-state index contributed by atoms with van der Waals surface area (Å²) >= 11 is 0. The summed E-state index contributed by atoms with van der Waals surface area (Å²) < 4.78 is 0. The molecule has 4 aliphatic heterocycles. The Morgan fingerprint density at radius 2 is 0.565 bits per heavy atom. The van der Waals surface area contributed by atoms with E-state index < -0.39 is 0 Å². The first kappa shape index (κ1) is 37.9. The monoisotopic (exact) mass is 810 g/mol. The molecular weight excluding hydrogens is 761 g/mol. The van der Waals surface area contributed by atoms with Crippen molar-refractivity contribution in [2.75, 3.05) is 0 Å². The first-order chi connectivity index (χ1) is 30.5. The number of aryl methyl sites for hydroxylation is 2. The van der Waals surface area contributed by atoms with Gasteiger partial charge in [0.1, 0.15) is 0 Å². The molecule has 0 atom stereocenters. The zero-order chi connectivity index (χ0) is 41.9. The van der Waals surface area contributed by atoms with E-state index in [1.807, 2.05) is 0 Å². The van der Waals surface area contributed by atoms with Gasteiger partial charge in [0.25, 0.3) is 0 Å². The summed E-state index contributed by atoms with van der Waals surface area (Å²) in [5.41, 5.74) is 21.1. The zero-order valence-electron chi connectivity index (χ0n) is 35.8. The third-order valence-corrected chi connectivity index (χ3v) is 12.7. The minimum Gasteiger partial charge on any atom is -0.354 e. The quantitative estimate of drug-likeness (QED) is 0.122. The molecule has 0 unspecified atom stereocenters. The van der Waals surface area contributed by atoms with E-state index in [1.54, 1.807) is 0 Å². The second kappa shape index (κ2) is 15.4. The number of fused-ring (bicyclic) bond motifs is 26. The van der Waals surface area contributed by atoms with E-state index in [4.69, 9.17) is 19.9 Å². The van der Waals surface area contributed by atoms with E-state index in [0.29, 0.717) is 0 Å². The molecule has 1 aromatic carbocycles. The van der Waals surface area contributed by atoms with Gasteiger partial charge in [0.15, 0.2) is 0 Å². The van der Waals surface area contributed by atoms with Crippen LogP contribution in [0.15, 0.2) is 60.7 Å². The molecule has 0 fully saturated rings. The fourth-order valence-electron chi connectivity index (χ4n) is 9.76. The van der Waals surface area contributed by atoms with Gasteiger partial charge < -0.3 is 19.9 Å². The molecule has 7 aromatic rings. The van der Waals surface area contributed by atoms with Crippen molar-refractivity contribution in [3.63, 3.8) is 0 Å². The average Bonchev–Trinajstić information content (AvgIpc) is 4.14. The van der Waals surface area contributed by atoms with Crippen LogP contribution in [0.2, 0.25) is 0 Å². The van der Waals surface area contributed by atoms with Crippen LogP contribution < -0.4 is 0 Å². The Kier molecular flexibility index (Phi) is 9.44. The normalized spacial score (nSPS) is 13.1.